The number of aromatic nitrogens is 7. The van der Waals surface area contributed by atoms with Crippen LogP contribution in [0.4, 0.5) is 0 Å². The maximum atomic E-state index is 12.7. The Hall–Kier alpha value is -3.29. The third-order valence-corrected chi connectivity index (χ3v) is 5.85. The van der Waals surface area contributed by atoms with Crippen LogP contribution in [0, 0.1) is 0 Å². The highest BCUT2D eigenvalue weighted by Gasteiger charge is 2.20. The minimum Gasteiger partial charge on any atom is -0.313 e. The highest BCUT2D eigenvalue weighted by Crippen LogP contribution is 2.30. The molecule has 1 aromatic carbocycles. The Balaban J connectivity index is 1.44. The van der Waals surface area contributed by atoms with Gasteiger partial charge in [-0.15, -0.1) is 15.3 Å². The van der Waals surface area contributed by atoms with E-state index in [1.54, 1.807) is 10.7 Å². The normalized spacial score (nSPS) is 15.3. The van der Waals surface area contributed by atoms with Crippen LogP contribution in [0.15, 0.2) is 35.3 Å². The molecule has 28 heavy (non-hydrogen) atoms. The minimum atomic E-state index is 0.0273. The standard InChI is InChI=1S/C20H19N7O/c28-19-10-15(14-6-1-4-13-5-2-9-27(19)20(13)14)16-11-25(24-21-16)12-18-23-22-17-7-3-8-26(17)18/h1,4,6,10-11H,2-3,5,7-9,12H2. The Labute approximate surface area is 160 Å². The summed E-state index contributed by atoms with van der Waals surface area (Å²) in [4.78, 5) is 12.7. The lowest BCUT2D eigenvalue weighted by molar-refractivity contribution is 0.586. The third-order valence-electron chi connectivity index (χ3n) is 5.85. The molecule has 140 valence electrons. The summed E-state index contributed by atoms with van der Waals surface area (Å²) in [6.07, 6.45) is 6.01. The number of pyridine rings is 1. The molecule has 2 aliphatic rings. The molecule has 8 nitrogen and oxygen atoms in total. The summed E-state index contributed by atoms with van der Waals surface area (Å²) >= 11 is 0. The summed E-state index contributed by atoms with van der Waals surface area (Å²) in [6, 6.07) is 7.94. The van der Waals surface area contributed by atoms with Crippen molar-refractivity contribution in [2.45, 2.75) is 45.3 Å². The van der Waals surface area contributed by atoms with Gasteiger partial charge in [-0.2, -0.15) is 0 Å². The quantitative estimate of drug-likeness (QED) is 0.547. The fourth-order valence-electron chi connectivity index (χ4n) is 4.55. The fourth-order valence-corrected chi connectivity index (χ4v) is 4.55. The first-order valence-electron chi connectivity index (χ1n) is 9.75. The molecule has 6 rings (SSSR count). The number of hydrogen-bond donors (Lipinski definition) is 0. The number of benzene rings is 1. The van der Waals surface area contributed by atoms with E-state index >= 15 is 0 Å². The molecule has 0 N–H and O–H groups in total. The van der Waals surface area contributed by atoms with Gasteiger partial charge in [-0.25, -0.2) is 4.68 Å². The number of hydrogen-bond acceptors (Lipinski definition) is 5. The molecule has 0 unspecified atom stereocenters. The maximum Gasteiger partial charge on any atom is 0.251 e. The molecular formula is C20H19N7O. The average Bonchev–Trinajstić information content (AvgIpc) is 3.44. The van der Waals surface area contributed by atoms with Crippen molar-refractivity contribution in [1.29, 1.82) is 0 Å². The molecule has 0 bridgehead atoms. The second-order valence-corrected chi connectivity index (χ2v) is 7.55. The van der Waals surface area contributed by atoms with E-state index in [9.17, 15) is 4.79 Å². The van der Waals surface area contributed by atoms with Gasteiger partial charge in [0.25, 0.3) is 5.56 Å². The lowest BCUT2D eigenvalue weighted by Gasteiger charge is -2.20. The Morgan fingerprint density at radius 1 is 1.00 bits per heavy atom. The van der Waals surface area contributed by atoms with Crippen LogP contribution in [0.3, 0.4) is 0 Å². The van der Waals surface area contributed by atoms with Gasteiger partial charge in [0.1, 0.15) is 18.1 Å². The summed E-state index contributed by atoms with van der Waals surface area (Å²) in [6.45, 7) is 2.27. The molecule has 0 fully saturated rings. The Kier molecular flexibility index (Phi) is 3.29. The van der Waals surface area contributed by atoms with Gasteiger partial charge in [0.05, 0.1) is 11.7 Å². The zero-order chi connectivity index (χ0) is 18.7. The highest BCUT2D eigenvalue weighted by molar-refractivity contribution is 5.95. The van der Waals surface area contributed by atoms with Crippen LogP contribution in [0.1, 0.15) is 30.1 Å². The topological polar surface area (TPSA) is 83.4 Å². The number of nitrogens with zero attached hydrogens (tertiary/aromatic N) is 7. The SMILES string of the molecule is O=c1cc(-c2cn(Cc3nnc4n3CCC4)nn2)c2cccc3c2n1CCC3. The molecule has 4 aromatic rings. The molecule has 0 amide bonds. The summed E-state index contributed by atoms with van der Waals surface area (Å²) in [5.41, 5.74) is 3.86. The van der Waals surface area contributed by atoms with Gasteiger partial charge in [0.15, 0.2) is 5.82 Å². The maximum absolute atomic E-state index is 12.7. The first kappa shape index (κ1) is 15.7. The molecule has 0 atom stereocenters. The first-order chi connectivity index (χ1) is 13.8. The molecule has 0 aliphatic carbocycles. The van der Waals surface area contributed by atoms with Gasteiger partial charge >= 0.3 is 0 Å². The van der Waals surface area contributed by atoms with Crippen LogP contribution in [-0.4, -0.2) is 34.3 Å². The van der Waals surface area contributed by atoms with Crippen molar-refractivity contribution in [3.8, 4) is 11.3 Å². The van der Waals surface area contributed by atoms with E-state index in [2.05, 4.69) is 43.3 Å². The summed E-state index contributed by atoms with van der Waals surface area (Å²) in [5, 5.41) is 18.3. The lowest BCUT2D eigenvalue weighted by Crippen LogP contribution is -2.24. The number of fused-ring (bicyclic) bond motifs is 1. The van der Waals surface area contributed by atoms with Gasteiger partial charge in [0, 0.05) is 36.5 Å². The van der Waals surface area contributed by atoms with Crippen molar-refractivity contribution < 1.29 is 0 Å². The second kappa shape index (κ2) is 5.85. The van der Waals surface area contributed by atoms with E-state index in [1.165, 1.54) is 5.56 Å². The fraction of sp³-hybridized carbons (Fsp3) is 0.350. The molecule has 0 saturated heterocycles. The van der Waals surface area contributed by atoms with E-state index in [0.717, 1.165) is 66.9 Å². The molecule has 0 saturated carbocycles. The Morgan fingerprint density at radius 3 is 2.86 bits per heavy atom. The number of rotatable bonds is 3. The lowest BCUT2D eigenvalue weighted by atomic mass is 9.97. The zero-order valence-corrected chi connectivity index (χ0v) is 15.4. The van der Waals surface area contributed by atoms with Gasteiger partial charge in [-0.3, -0.25) is 4.79 Å². The number of aryl methyl sites for hydroxylation is 3. The summed E-state index contributed by atoms with van der Waals surface area (Å²) in [5.74, 6) is 1.95. The van der Waals surface area contributed by atoms with E-state index in [4.69, 9.17) is 0 Å². The van der Waals surface area contributed by atoms with Gasteiger partial charge < -0.3 is 9.13 Å². The van der Waals surface area contributed by atoms with E-state index in [1.807, 2.05) is 10.8 Å². The van der Waals surface area contributed by atoms with Crippen molar-refractivity contribution in [3.05, 3.63) is 58.0 Å². The number of para-hydroxylation sites is 1. The molecular weight excluding hydrogens is 354 g/mol. The van der Waals surface area contributed by atoms with Crippen molar-refractivity contribution in [2.24, 2.45) is 0 Å². The monoisotopic (exact) mass is 373 g/mol. The Bertz CT molecular complexity index is 1280. The Morgan fingerprint density at radius 2 is 1.89 bits per heavy atom. The minimum absolute atomic E-state index is 0.0273. The van der Waals surface area contributed by atoms with Crippen LogP contribution < -0.4 is 5.56 Å². The molecule has 2 aliphatic heterocycles. The molecule has 5 heterocycles. The smallest absolute Gasteiger partial charge is 0.251 e. The predicted octanol–water partition coefficient (Wildman–Crippen LogP) is 1.79. The van der Waals surface area contributed by atoms with Gasteiger partial charge in [-0.05, 0) is 24.8 Å². The van der Waals surface area contributed by atoms with Gasteiger partial charge in [-0.1, -0.05) is 23.4 Å². The van der Waals surface area contributed by atoms with E-state index in [0.29, 0.717) is 12.2 Å². The average molecular weight is 373 g/mol. The van der Waals surface area contributed by atoms with E-state index in [-0.39, 0.29) is 5.56 Å². The van der Waals surface area contributed by atoms with Crippen LogP contribution in [0.5, 0.6) is 0 Å². The third kappa shape index (κ3) is 2.27. The van der Waals surface area contributed by atoms with Gasteiger partial charge in [0.2, 0.25) is 0 Å². The largest absolute Gasteiger partial charge is 0.313 e. The van der Waals surface area contributed by atoms with Crippen molar-refractivity contribution >= 4 is 10.9 Å². The molecule has 0 radical (unpaired) electrons. The first-order valence-corrected chi connectivity index (χ1v) is 9.75. The molecule has 0 spiro atoms. The zero-order valence-electron chi connectivity index (χ0n) is 15.4. The van der Waals surface area contributed by atoms with Crippen LogP contribution in [0.25, 0.3) is 22.2 Å². The van der Waals surface area contributed by atoms with Crippen LogP contribution >= 0.6 is 0 Å². The second-order valence-electron chi connectivity index (χ2n) is 7.55. The summed E-state index contributed by atoms with van der Waals surface area (Å²) in [7, 11) is 0. The van der Waals surface area contributed by atoms with E-state index < -0.39 is 0 Å². The highest BCUT2D eigenvalue weighted by atomic mass is 16.1. The van der Waals surface area contributed by atoms with Crippen LogP contribution in [-0.2, 0) is 32.5 Å². The van der Waals surface area contributed by atoms with Crippen LogP contribution in [0.2, 0.25) is 0 Å². The predicted molar refractivity (Wildman–Crippen MR) is 103 cm³/mol. The summed E-state index contributed by atoms with van der Waals surface area (Å²) < 4.78 is 5.83. The molecule has 8 heteroatoms. The van der Waals surface area contributed by atoms with Crippen molar-refractivity contribution in [1.82, 2.24) is 34.3 Å². The molecule has 3 aromatic heterocycles. The van der Waals surface area contributed by atoms with Crippen molar-refractivity contribution in [2.75, 3.05) is 0 Å². The van der Waals surface area contributed by atoms with Crippen molar-refractivity contribution in [3.63, 3.8) is 0 Å².